The lowest BCUT2D eigenvalue weighted by atomic mass is 9.95. The molecule has 1 heterocycles. The highest BCUT2D eigenvalue weighted by Crippen LogP contribution is 2.28. The van der Waals surface area contributed by atoms with E-state index < -0.39 is 0 Å². The van der Waals surface area contributed by atoms with Gasteiger partial charge in [-0.25, -0.2) is 0 Å². The van der Waals surface area contributed by atoms with Gasteiger partial charge in [0.05, 0.1) is 19.6 Å². The van der Waals surface area contributed by atoms with Gasteiger partial charge in [-0.2, -0.15) is 0 Å². The zero-order valence-corrected chi connectivity index (χ0v) is 17.1. The van der Waals surface area contributed by atoms with Crippen LogP contribution in [0.25, 0.3) is 0 Å². The zero-order chi connectivity index (χ0) is 19.9. The highest BCUT2D eigenvalue weighted by molar-refractivity contribution is 8.14. The Morgan fingerprint density at radius 3 is 2.64 bits per heavy atom. The molecule has 1 saturated carbocycles. The minimum Gasteiger partial charge on any atom is -0.496 e. The second-order valence-electron chi connectivity index (χ2n) is 7.49. The van der Waals surface area contributed by atoms with Gasteiger partial charge in [0.25, 0.3) is 0 Å². The zero-order valence-electron chi connectivity index (χ0n) is 16.3. The number of ether oxygens (including phenoxy) is 1. The molecule has 1 aromatic carbocycles. The third-order valence-electron chi connectivity index (χ3n) is 5.38. The summed E-state index contributed by atoms with van der Waals surface area (Å²) < 4.78 is 5.40. The van der Waals surface area contributed by atoms with Crippen LogP contribution in [0.1, 0.15) is 44.1 Å². The summed E-state index contributed by atoms with van der Waals surface area (Å²) in [5, 5.41) is 3.13. The standard InChI is InChI=1S/C21H28N2O4S/c1-27-18-10-6-5-7-15(18)12-23(21(26)16-11-20(25)28-14-16)13-19(24)22-17-8-3-2-4-9-17/h5-7,10,16-17H,2-4,8-9,11-14H2,1H3,(H,22,24). The molecule has 0 aromatic heterocycles. The molecule has 0 radical (unpaired) electrons. The topological polar surface area (TPSA) is 75.7 Å². The van der Waals surface area contributed by atoms with E-state index in [0.717, 1.165) is 31.2 Å². The number of methoxy groups -OCH3 is 1. The molecule has 1 saturated heterocycles. The normalized spacial score (nSPS) is 20.0. The van der Waals surface area contributed by atoms with Crippen LogP contribution in [-0.2, 0) is 20.9 Å². The van der Waals surface area contributed by atoms with Crippen LogP contribution in [0.2, 0.25) is 0 Å². The summed E-state index contributed by atoms with van der Waals surface area (Å²) in [5.41, 5.74) is 0.848. The average molecular weight is 405 g/mol. The van der Waals surface area contributed by atoms with E-state index >= 15 is 0 Å². The van der Waals surface area contributed by atoms with E-state index in [0.29, 0.717) is 11.5 Å². The van der Waals surface area contributed by atoms with E-state index in [9.17, 15) is 14.4 Å². The molecule has 152 valence electrons. The van der Waals surface area contributed by atoms with Gasteiger partial charge in [0.1, 0.15) is 5.75 Å². The number of hydrogen-bond donors (Lipinski definition) is 1. The van der Waals surface area contributed by atoms with E-state index in [-0.39, 0.29) is 48.4 Å². The molecule has 3 rings (SSSR count). The van der Waals surface area contributed by atoms with Crippen LogP contribution in [0.5, 0.6) is 5.75 Å². The molecule has 1 aromatic rings. The van der Waals surface area contributed by atoms with E-state index in [2.05, 4.69) is 5.32 Å². The monoisotopic (exact) mass is 404 g/mol. The van der Waals surface area contributed by atoms with E-state index in [1.54, 1.807) is 12.0 Å². The van der Waals surface area contributed by atoms with E-state index in [1.165, 1.54) is 18.2 Å². The Labute approximate surface area is 170 Å². The molecule has 0 bridgehead atoms. The number of benzene rings is 1. The molecule has 1 aliphatic heterocycles. The largest absolute Gasteiger partial charge is 0.496 e. The fraction of sp³-hybridized carbons (Fsp3) is 0.571. The van der Waals surface area contributed by atoms with Crippen LogP contribution in [0, 0.1) is 5.92 Å². The molecule has 1 atom stereocenters. The van der Waals surface area contributed by atoms with Gasteiger partial charge >= 0.3 is 0 Å². The first-order valence-corrected chi connectivity index (χ1v) is 10.9. The predicted molar refractivity (Wildman–Crippen MR) is 109 cm³/mol. The maximum atomic E-state index is 13.1. The van der Waals surface area contributed by atoms with Crippen molar-refractivity contribution in [2.45, 2.75) is 51.1 Å². The van der Waals surface area contributed by atoms with Crippen molar-refractivity contribution in [2.24, 2.45) is 5.92 Å². The summed E-state index contributed by atoms with van der Waals surface area (Å²) in [4.78, 5) is 38.9. The number of thioether (sulfide) groups is 1. The number of rotatable bonds is 7. The molecule has 1 aliphatic carbocycles. The summed E-state index contributed by atoms with van der Waals surface area (Å²) in [6, 6.07) is 7.70. The lowest BCUT2D eigenvalue weighted by Gasteiger charge is -2.28. The summed E-state index contributed by atoms with van der Waals surface area (Å²) in [6.07, 6.45) is 5.74. The predicted octanol–water partition coefficient (Wildman–Crippen LogP) is 2.75. The Bertz CT molecular complexity index is 718. The first kappa shape index (κ1) is 20.7. The van der Waals surface area contributed by atoms with Gasteiger partial charge in [-0.05, 0) is 18.9 Å². The summed E-state index contributed by atoms with van der Waals surface area (Å²) >= 11 is 1.20. The van der Waals surface area contributed by atoms with Crippen molar-refractivity contribution in [3.63, 3.8) is 0 Å². The van der Waals surface area contributed by atoms with Crippen LogP contribution in [0.3, 0.4) is 0 Å². The Morgan fingerprint density at radius 2 is 1.96 bits per heavy atom. The Balaban J connectivity index is 1.70. The maximum absolute atomic E-state index is 13.1. The smallest absolute Gasteiger partial charge is 0.239 e. The summed E-state index contributed by atoms with van der Waals surface area (Å²) in [5.74, 6) is 0.555. The Kier molecular flexibility index (Phi) is 7.36. The van der Waals surface area contributed by atoms with Crippen molar-refractivity contribution in [3.05, 3.63) is 29.8 Å². The van der Waals surface area contributed by atoms with Gasteiger partial charge in [-0.15, -0.1) is 0 Å². The second-order valence-corrected chi connectivity index (χ2v) is 8.57. The number of nitrogens with zero attached hydrogens (tertiary/aromatic N) is 1. The van der Waals surface area contributed by atoms with Crippen LogP contribution in [0.15, 0.2) is 24.3 Å². The van der Waals surface area contributed by atoms with Crippen molar-refractivity contribution in [2.75, 3.05) is 19.4 Å². The highest BCUT2D eigenvalue weighted by atomic mass is 32.2. The fourth-order valence-electron chi connectivity index (χ4n) is 3.87. The minimum absolute atomic E-state index is 0.00272. The summed E-state index contributed by atoms with van der Waals surface area (Å²) in [6.45, 7) is 0.291. The fourth-order valence-corrected chi connectivity index (χ4v) is 4.84. The molecule has 7 heteroatoms. The third kappa shape index (κ3) is 5.50. The van der Waals surface area contributed by atoms with Crippen LogP contribution >= 0.6 is 11.8 Å². The second kappa shape index (κ2) is 9.96. The van der Waals surface area contributed by atoms with Gasteiger partial charge in [-0.1, -0.05) is 49.2 Å². The number of para-hydroxylation sites is 1. The van der Waals surface area contributed by atoms with Gasteiger partial charge in [0, 0.05) is 30.3 Å². The molecule has 2 amide bonds. The maximum Gasteiger partial charge on any atom is 0.239 e. The van der Waals surface area contributed by atoms with Crippen molar-refractivity contribution >= 4 is 28.7 Å². The number of carbonyl (C=O) groups excluding carboxylic acids is 3. The Morgan fingerprint density at radius 1 is 1.21 bits per heavy atom. The van der Waals surface area contributed by atoms with Crippen LogP contribution in [-0.4, -0.2) is 47.3 Å². The molecular weight excluding hydrogens is 376 g/mol. The lowest BCUT2D eigenvalue weighted by molar-refractivity contribution is -0.140. The average Bonchev–Trinajstić information content (AvgIpc) is 3.14. The van der Waals surface area contributed by atoms with Crippen LogP contribution < -0.4 is 10.1 Å². The van der Waals surface area contributed by atoms with Crippen LogP contribution in [0.4, 0.5) is 0 Å². The van der Waals surface area contributed by atoms with E-state index in [4.69, 9.17) is 4.74 Å². The van der Waals surface area contributed by atoms with Gasteiger partial charge < -0.3 is 15.0 Å². The lowest BCUT2D eigenvalue weighted by Crippen LogP contribution is -2.46. The van der Waals surface area contributed by atoms with Crippen molar-refractivity contribution < 1.29 is 19.1 Å². The number of amides is 2. The van der Waals surface area contributed by atoms with Gasteiger partial charge in [-0.3, -0.25) is 14.4 Å². The molecule has 1 N–H and O–H groups in total. The number of hydrogen-bond acceptors (Lipinski definition) is 5. The number of nitrogens with one attached hydrogen (secondary N) is 1. The Hall–Kier alpha value is -2.02. The van der Waals surface area contributed by atoms with Crippen molar-refractivity contribution in [3.8, 4) is 5.75 Å². The quantitative estimate of drug-likeness (QED) is 0.756. The third-order valence-corrected chi connectivity index (χ3v) is 6.44. The van der Waals surface area contributed by atoms with Crippen molar-refractivity contribution in [1.82, 2.24) is 10.2 Å². The SMILES string of the molecule is COc1ccccc1CN(CC(=O)NC1CCCCC1)C(=O)C1CSC(=O)C1. The molecule has 2 fully saturated rings. The molecule has 2 aliphatic rings. The highest BCUT2D eigenvalue weighted by Gasteiger charge is 2.33. The van der Waals surface area contributed by atoms with Gasteiger partial charge in [0.15, 0.2) is 5.12 Å². The summed E-state index contributed by atoms with van der Waals surface area (Å²) in [7, 11) is 1.59. The molecule has 0 spiro atoms. The van der Waals surface area contributed by atoms with Crippen molar-refractivity contribution in [1.29, 1.82) is 0 Å². The first-order chi connectivity index (χ1) is 13.6. The molecule has 1 unspecified atom stereocenters. The first-order valence-electron chi connectivity index (χ1n) is 9.92. The molecular formula is C21H28N2O4S. The molecule has 6 nitrogen and oxygen atoms in total. The minimum atomic E-state index is -0.352. The van der Waals surface area contributed by atoms with Gasteiger partial charge in [0.2, 0.25) is 11.8 Å². The molecule has 28 heavy (non-hydrogen) atoms. The number of carbonyl (C=O) groups is 3. The van der Waals surface area contributed by atoms with E-state index in [1.807, 2.05) is 24.3 Å².